The smallest absolute Gasteiger partial charge is 0.303 e. The summed E-state index contributed by atoms with van der Waals surface area (Å²) in [4.78, 5) is 19.8. The molecule has 0 bridgehead atoms. The summed E-state index contributed by atoms with van der Waals surface area (Å²) in [5, 5.41) is 23.8. The van der Waals surface area contributed by atoms with Crippen molar-refractivity contribution in [3.63, 3.8) is 0 Å². The Morgan fingerprint density at radius 2 is 1.88 bits per heavy atom. The van der Waals surface area contributed by atoms with Crippen LogP contribution in [0.3, 0.4) is 0 Å². The van der Waals surface area contributed by atoms with Crippen molar-refractivity contribution < 1.29 is 14.6 Å². The van der Waals surface area contributed by atoms with E-state index in [1.165, 1.54) is 14.2 Å². The number of ether oxygens (including phenoxy) is 1. The largest absolute Gasteiger partial charge is 0.494 e. The first-order valence-corrected chi connectivity index (χ1v) is 4.19. The maximum atomic E-state index is 10.7. The summed E-state index contributed by atoms with van der Waals surface area (Å²) in [7, 11) is 2.75. The summed E-state index contributed by atoms with van der Waals surface area (Å²) in [6, 6.07) is 2.01. The number of non-ortho nitro benzene ring substituents is 1. The van der Waals surface area contributed by atoms with Crippen molar-refractivity contribution in [1.82, 2.24) is 0 Å². The van der Waals surface area contributed by atoms with E-state index in [9.17, 15) is 20.2 Å². The molecule has 8 heteroatoms. The third kappa shape index (κ3) is 2.00. The Labute approximate surface area is 90.1 Å². The number of nitrogens with one attached hydrogen (secondary N) is 1. The average molecular weight is 227 g/mol. The predicted octanol–water partition coefficient (Wildman–Crippen LogP) is 1.55. The first-order chi connectivity index (χ1) is 7.51. The van der Waals surface area contributed by atoms with Crippen LogP contribution in [0.1, 0.15) is 0 Å². The highest BCUT2D eigenvalue weighted by Crippen LogP contribution is 2.37. The van der Waals surface area contributed by atoms with Crippen molar-refractivity contribution in [3.05, 3.63) is 32.4 Å². The second-order valence-electron chi connectivity index (χ2n) is 2.81. The van der Waals surface area contributed by atoms with E-state index in [1.54, 1.807) is 0 Å². The molecule has 0 fully saturated rings. The zero-order valence-electron chi connectivity index (χ0n) is 8.59. The van der Waals surface area contributed by atoms with Crippen LogP contribution in [0.25, 0.3) is 0 Å². The highest BCUT2D eigenvalue weighted by Gasteiger charge is 2.23. The quantitative estimate of drug-likeness (QED) is 0.617. The second-order valence-corrected chi connectivity index (χ2v) is 2.81. The van der Waals surface area contributed by atoms with E-state index in [4.69, 9.17) is 4.74 Å². The molecule has 0 heterocycles. The number of nitrogens with zero attached hydrogens (tertiary/aromatic N) is 2. The van der Waals surface area contributed by atoms with E-state index in [0.717, 1.165) is 12.1 Å². The fourth-order valence-corrected chi connectivity index (χ4v) is 1.25. The van der Waals surface area contributed by atoms with Crippen LogP contribution in [0.15, 0.2) is 12.1 Å². The highest BCUT2D eigenvalue weighted by atomic mass is 16.6. The molecule has 0 atom stereocenters. The monoisotopic (exact) mass is 227 g/mol. The molecule has 0 aliphatic heterocycles. The molecular formula is C8H9N3O5. The number of methoxy groups -OCH3 is 1. The minimum absolute atomic E-state index is 0.0587. The van der Waals surface area contributed by atoms with E-state index >= 15 is 0 Å². The number of rotatable bonds is 4. The van der Waals surface area contributed by atoms with Gasteiger partial charge >= 0.3 is 5.69 Å². The number of nitro benzene ring substituents is 2. The van der Waals surface area contributed by atoms with Gasteiger partial charge in [-0.1, -0.05) is 0 Å². The fourth-order valence-electron chi connectivity index (χ4n) is 1.25. The molecule has 86 valence electrons. The van der Waals surface area contributed by atoms with Crippen molar-refractivity contribution in [2.24, 2.45) is 0 Å². The molecule has 0 saturated heterocycles. The van der Waals surface area contributed by atoms with E-state index < -0.39 is 15.5 Å². The van der Waals surface area contributed by atoms with E-state index in [0.29, 0.717) is 0 Å². The molecule has 0 unspecified atom stereocenters. The fraction of sp³-hybridized carbons (Fsp3) is 0.250. The summed E-state index contributed by atoms with van der Waals surface area (Å²) >= 11 is 0. The van der Waals surface area contributed by atoms with Gasteiger partial charge in [0.1, 0.15) is 0 Å². The number of hydrogen-bond donors (Lipinski definition) is 1. The molecule has 0 aromatic heterocycles. The van der Waals surface area contributed by atoms with Gasteiger partial charge < -0.3 is 10.1 Å². The lowest BCUT2D eigenvalue weighted by Gasteiger charge is -2.07. The number of benzene rings is 1. The van der Waals surface area contributed by atoms with Crippen LogP contribution in [-0.2, 0) is 0 Å². The van der Waals surface area contributed by atoms with Crippen molar-refractivity contribution in [3.8, 4) is 5.75 Å². The highest BCUT2D eigenvalue weighted by molar-refractivity contribution is 5.73. The molecule has 0 radical (unpaired) electrons. The lowest BCUT2D eigenvalue weighted by atomic mass is 10.2. The summed E-state index contributed by atoms with van der Waals surface area (Å²) in [6.45, 7) is 0. The molecule has 8 nitrogen and oxygen atoms in total. The van der Waals surface area contributed by atoms with Crippen LogP contribution in [-0.4, -0.2) is 24.0 Å². The lowest BCUT2D eigenvalue weighted by molar-refractivity contribution is -0.393. The van der Waals surface area contributed by atoms with Gasteiger partial charge in [0.15, 0.2) is 11.4 Å². The number of hydrogen-bond acceptors (Lipinski definition) is 6. The van der Waals surface area contributed by atoms with E-state index in [2.05, 4.69) is 5.32 Å². The van der Waals surface area contributed by atoms with Crippen LogP contribution in [0.5, 0.6) is 5.75 Å². The minimum Gasteiger partial charge on any atom is -0.494 e. The zero-order chi connectivity index (χ0) is 12.3. The Morgan fingerprint density at radius 1 is 1.25 bits per heavy atom. The Balaban J connectivity index is 3.49. The van der Waals surface area contributed by atoms with Gasteiger partial charge in [-0.05, 0) is 0 Å². The van der Waals surface area contributed by atoms with Crippen LogP contribution in [0.4, 0.5) is 17.1 Å². The number of nitro groups is 2. The maximum Gasteiger partial charge on any atom is 0.303 e. The summed E-state index contributed by atoms with van der Waals surface area (Å²) in [6.07, 6.45) is 0. The van der Waals surface area contributed by atoms with Crippen molar-refractivity contribution in [1.29, 1.82) is 0 Å². The van der Waals surface area contributed by atoms with Crippen molar-refractivity contribution >= 4 is 17.1 Å². The molecule has 0 amide bonds. The first-order valence-electron chi connectivity index (χ1n) is 4.19. The minimum atomic E-state index is -0.713. The van der Waals surface area contributed by atoms with Gasteiger partial charge in [0.25, 0.3) is 5.69 Å². The van der Waals surface area contributed by atoms with Gasteiger partial charge in [0.05, 0.1) is 29.1 Å². The van der Waals surface area contributed by atoms with Gasteiger partial charge in [-0.25, -0.2) is 0 Å². The molecule has 0 aliphatic rings. The number of anilines is 1. The molecule has 1 aromatic rings. The molecule has 1 N–H and O–H groups in total. The Hall–Kier alpha value is -2.38. The summed E-state index contributed by atoms with van der Waals surface area (Å²) < 4.78 is 4.85. The van der Waals surface area contributed by atoms with Crippen LogP contribution in [0.2, 0.25) is 0 Å². The third-order valence-corrected chi connectivity index (χ3v) is 1.94. The molecular weight excluding hydrogens is 218 g/mol. The molecule has 1 aromatic carbocycles. The van der Waals surface area contributed by atoms with Gasteiger partial charge in [-0.15, -0.1) is 0 Å². The van der Waals surface area contributed by atoms with Crippen molar-refractivity contribution in [2.75, 3.05) is 19.5 Å². The van der Waals surface area contributed by atoms with Crippen LogP contribution < -0.4 is 10.1 Å². The molecule has 0 aliphatic carbocycles. The van der Waals surface area contributed by atoms with Crippen molar-refractivity contribution in [2.45, 2.75) is 0 Å². The Kier molecular flexibility index (Phi) is 3.24. The normalized spacial score (nSPS) is 9.62. The van der Waals surface area contributed by atoms with Gasteiger partial charge in [0, 0.05) is 7.05 Å². The van der Waals surface area contributed by atoms with Gasteiger partial charge in [-0.2, -0.15) is 0 Å². The molecule has 0 saturated carbocycles. The van der Waals surface area contributed by atoms with Gasteiger partial charge in [0.2, 0.25) is 0 Å². The topological polar surface area (TPSA) is 108 Å². The first kappa shape index (κ1) is 11.7. The summed E-state index contributed by atoms with van der Waals surface area (Å²) in [5.74, 6) is 0.0587. The van der Waals surface area contributed by atoms with Crippen LogP contribution >= 0.6 is 0 Å². The van der Waals surface area contributed by atoms with E-state index in [-0.39, 0.29) is 17.1 Å². The van der Waals surface area contributed by atoms with E-state index in [1.807, 2.05) is 0 Å². The van der Waals surface area contributed by atoms with Crippen LogP contribution in [0, 0.1) is 20.2 Å². The molecule has 0 spiro atoms. The maximum absolute atomic E-state index is 10.7. The third-order valence-electron chi connectivity index (χ3n) is 1.94. The standard InChI is InChI=1S/C8H9N3O5/c1-9-8-6(11(14)15)3-5(10(12)13)4-7(8)16-2/h3-4,9H,1-2H3. The average Bonchev–Trinajstić information content (AvgIpc) is 2.26. The second kappa shape index (κ2) is 4.43. The predicted molar refractivity (Wildman–Crippen MR) is 55.8 cm³/mol. The summed E-state index contributed by atoms with van der Waals surface area (Å²) in [5.41, 5.74) is -0.672. The molecule has 16 heavy (non-hydrogen) atoms. The SMILES string of the molecule is CNc1c(OC)cc([N+](=O)[O-])cc1[N+](=O)[O-]. The van der Waals surface area contributed by atoms with Gasteiger partial charge in [-0.3, -0.25) is 20.2 Å². The molecule has 1 rings (SSSR count). The Bertz CT molecular complexity index is 446. The lowest BCUT2D eigenvalue weighted by Crippen LogP contribution is -2.01. The zero-order valence-corrected chi connectivity index (χ0v) is 8.59. The Morgan fingerprint density at radius 3 is 2.25 bits per heavy atom.